The smallest absolute Gasteiger partial charge is 0.0641 e. The predicted molar refractivity (Wildman–Crippen MR) is 73.9 cm³/mol. The lowest BCUT2D eigenvalue weighted by molar-refractivity contribution is 0.0385. The monoisotopic (exact) mass is 239 g/mol. The molecule has 17 heavy (non-hydrogen) atoms. The van der Waals surface area contributed by atoms with Gasteiger partial charge in [-0.1, -0.05) is 33.8 Å². The first-order valence-electron chi connectivity index (χ1n) is 6.97. The zero-order chi connectivity index (χ0) is 13.1. The third kappa shape index (κ3) is 2.85. The summed E-state index contributed by atoms with van der Waals surface area (Å²) in [4.78, 5) is 2.48. The number of hydrogen-bond acceptors (Lipinski definition) is 2. The molecule has 0 aromatic heterocycles. The Balaban J connectivity index is 2.74. The zero-order valence-electron chi connectivity index (χ0n) is 12.4. The molecule has 0 amide bonds. The van der Waals surface area contributed by atoms with E-state index < -0.39 is 0 Å². The highest BCUT2D eigenvalue weighted by atomic mass is 16.5. The van der Waals surface area contributed by atoms with E-state index in [0.717, 1.165) is 19.8 Å². The normalized spacial score (nSPS) is 28.7. The van der Waals surface area contributed by atoms with Crippen LogP contribution in [0.3, 0.4) is 0 Å². The van der Waals surface area contributed by atoms with Crippen LogP contribution in [0.25, 0.3) is 0 Å². The van der Waals surface area contributed by atoms with Gasteiger partial charge in [-0.25, -0.2) is 0 Å². The van der Waals surface area contributed by atoms with Crippen LogP contribution in [-0.2, 0) is 4.74 Å². The molecule has 1 unspecified atom stereocenters. The van der Waals surface area contributed by atoms with Gasteiger partial charge in [0.05, 0.1) is 6.61 Å². The van der Waals surface area contributed by atoms with Crippen LogP contribution in [0, 0.1) is 17.8 Å². The topological polar surface area (TPSA) is 12.5 Å². The van der Waals surface area contributed by atoms with Gasteiger partial charge in [0.2, 0.25) is 0 Å². The SMILES string of the molecule is CCOCCN1C=CC(C(C)C)[C@]1(C)C(C)C. The van der Waals surface area contributed by atoms with Crippen LogP contribution in [0.2, 0.25) is 0 Å². The molecule has 1 rings (SSSR count). The highest BCUT2D eigenvalue weighted by molar-refractivity contribution is 5.14. The van der Waals surface area contributed by atoms with E-state index in [1.807, 2.05) is 0 Å². The molecule has 0 bridgehead atoms. The second-order valence-corrected chi connectivity index (χ2v) is 5.88. The molecule has 1 aliphatic rings. The van der Waals surface area contributed by atoms with E-state index in [9.17, 15) is 0 Å². The number of nitrogens with zero attached hydrogens (tertiary/aromatic N) is 1. The lowest BCUT2D eigenvalue weighted by Gasteiger charge is -2.45. The molecular weight excluding hydrogens is 210 g/mol. The molecule has 2 heteroatoms. The molecule has 100 valence electrons. The highest BCUT2D eigenvalue weighted by Gasteiger charge is 2.44. The first kappa shape index (κ1) is 14.6. The molecule has 0 spiro atoms. The minimum absolute atomic E-state index is 0.241. The maximum atomic E-state index is 5.49. The Morgan fingerprint density at radius 3 is 2.41 bits per heavy atom. The van der Waals surface area contributed by atoms with Crippen LogP contribution in [0.4, 0.5) is 0 Å². The van der Waals surface area contributed by atoms with E-state index in [1.54, 1.807) is 0 Å². The van der Waals surface area contributed by atoms with Gasteiger partial charge in [0.15, 0.2) is 0 Å². The van der Waals surface area contributed by atoms with Crippen molar-refractivity contribution in [3.8, 4) is 0 Å². The van der Waals surface area contributed by atoms with Crippen LogP contribution in [0.1, 0.15) is 41.5 Å². The van der Waals surface area contributed by atoms with Gasteiger partial charge in [-0.3, -0.25) is 0 Å². The lowest BCUT2D eigenvalue weighted by atomic mass is 9.72. The van der Waals surface area contributed by atoms with Crippen LogP contribution in [-0.4, -0.2) is 30.2 Å². The summed E-state index contributed by atoms with van der Waals surface area (Å²) < 4.78 is 5.49. The maximum absolute atomic E-state index is 5.49. The molecule has 2 atom stereocenters. The molecule has 0 saturated heterocycles. The predicted octanol–water partition coefficient (Wildman–Crippen LogP) is 3.54. The van der Waals surface area contributed by atoms with E-state index >= 15 is 0 Å². The van der Waals surface area contributed by atoms with Gasteiger partial charge in [-0.05, 0) is 31.9 Å². The van der Waals surface area contributed by atoms with Crippen molar-refractivity contribution >= 4 is 0 Å². The van der Waals surface area contributed by atoms with Gasteiger partial charge in [0.1, 0.15) is 0 Å². The Hall–Kier alpha value is -0.500. The van der Waals surface area contributed by atoms with Gasteiger partial charge in [0, 0.05) is 24.6 Å². The van der Waals surface area contributed by atoms with Crippen molar-refractivity contribution in [3.05, 3.63) is 12.3 Å². The summed E-state index contributed by atoms with van der Waals surface area (Å²) in [7, 11) is 0. The minimum Gasteiger partial charge on any atom is -0.380 e. The van der Waals surface area contributed by atoms with E-state index in [4.69, 9.17) is 4.74 Å². The van der Waals surface area contributed by atoms with Crippen LogP contribution in [0.15, 0.2) is 12.3 Å². The Bertz CT molecular complexity index is 260. The van der Waals surface area contributed by atoms with Gasteiger partial charge in [-0.15, -0.1) is 0 Å². The first-order chi connectivity index (χ1) is 7.94. The Labute approximate surface area is 107 Å². The quantitative estimate of drug-likeness (QED) is 0.657. The third-order valence-electron chi connectivity index (χ3n) is 4.33. The van der Waals surface area contributed by atoms with Crippen LogP contribution < -0.4 is 0 Å². The fraction of sp³-hybridized carbons (Fsp3) is 0.867. The molecule has 1 heterocycles. The molecule has 0 saturated carbocycles. The lowest BCUT2D eigenvalue weighted by Crippen LogP contribution is -2.51. The van der Waals surface area contributed by atoms with Crippen LogP contribution >= 0.6 is 0 Å². The van der Waals surface area contributed by atoms with Gasteiger partial charge in [0.25, 0.3) is 0 Å². The van der Waals surface area contributed by atoms with Crippen molar-refractivity contribution in [1.29, 1.82) is 0 Å². The fourth-order valence-corrected chi connectivity index (χ4v) is 2.98. The second kappa shape index (κ2) is 5.90. The van der Waals surface area contributed by atoms with Crippen molar-refractivity contribution in [1.82, 2.24) is 4.90 Å². The van der Waals surface area contributed by atoms with E-state index in [-0.39, 0.29) is 5.54 Å². The average molecular weight is 239 g/mol. The van der Waals surface area contributed by atoms with Gasteiger partial charge in [-0.2, -0.15) is 0 Å². The largest absolute Gasteiger partial charge is 0.380 e. The van der Waals surface area contributed by atoms with Crippen LogP contribution in [0.5, 0.6) is 0 Å². The van der Waals surface area contributed by atoms with Crippen molar-refractivity contribution in [2.45, 2.75) is 47.1 Å². The molecular formula is C15H29NO. The summed E-state index contributed by atoms with van der Waals surface area (Å²) in [5.74, 6) is 1.98. The summed E-state index contributed by atoms with van der Waals surface area (Å²) in [6, 6.07) is 0. The molecule has 0 aromatic carbocycles. The Morgan fingerprint density at radius 2 is 1.94 bits per heavy atom. The molecule has 0 aliphatic carbocycles. The molecule has 0 aromatic rings. The van der Waals surface area contributed by atoms with Crippen molar-refractivity contribution < 1.29 is 4.74 Å². The van der Waals surface area contributed by atoms with Gasteiger partial charge >= 0.3 is 0 Å². The standard InChI is InChI=1S/C15H29NO/c1-7-17-11-10-16-9-8-14(12(2)3)15(16,6)13(4)5/h8-9,12-14H,7,10-11H2,1-6H3/t14?,15-/m0/s1. The summed E-state index contributed by atoms with van der Waals surface area (Å²) >= 11 is 0. The minimum atomic E-state index is 0.241. The third-order valence-corrected chi connectivity index (χ3v) is 4.33. The Morgan fingerprint density at radius 1 is 1.29 bits per heavy atom. The average Bonchev–Trinajstić information content (AvgIpc) is 2.58. The van der Waals surface area contributed by atoms with Gasteiger partial charge < -0.3 is 9.64 Å². The number of hydrogen-bond donors (Lipinski definition) is 0. The fourth-order valence-electron chi connectivity index (χ4n) is 2.98. The summed E-state index contributed by atoms with van der Waals surface area (Å²) in [5, 5.41) is 0. The first-order valence-corrected chi connectivity index (χ1v) is 6.97. The van der Waals surface area contributed by atoms with E-state index in [0.29, 0.717) is 17.8 Å². The van der Waals surface area contributed by atoms with Crippen molar-refractivity contribution in [3.63, 3.8) is 0 Å². The maximum Gasteiger partial charge on any atom is 0.0641 e. The summed E-state index contributed by atoms with van der Waals surface area (Å²) in [6.45, 7) is 16.4. The zero-order valence-corrected chi connectivity index (χ0v) is 12.4. The Kier molecular flexibility index (Phi) is 5.05. The molecule has 0 radical (unpaired) electrons. The number of ether oxygens (including phenoxy) is 1. The molecule has 2 nitrogen and oxygen atoms in total. The van der Waals surface area contributed by atoms with E-state index in [1.165, 1.54) is 0 Å². The van der Waals surface area contributed by atoms with Crippen molar-refractivity contribution in [2.75, 3.05) is 19.8 Å². The highest BCUT2D eigenvalue weighted by Crippen LogP contribution is 2.42. The van der Waals surface area contributed by atoms with Crippen molar-refractivity contribution in [2.24, 2.45) is 17.8 Å². The molecule has 0 fully saturated rings. The number of rotatable bonds is 6. The van der Waals surface area contributed by atoms with E-state index in [2.05, 4.69) is 58.7 Å². The summed E-state index contributed by atoms with van der Waals surface area (Å²) in [6.07, 6.45) is 4.67. The molecule has 0 N–H and O–H groups in total. The second-order valence-electron chi connectivity index (χ2n) is 5.88. The molecule has 1 aliphatic heterocycles. The summed E-state index contributed by atoms with van der Waals surface area (Å²) in [5.41, 5.74) is 0.241.